The topological polar surface area (TPSA) is 123 Å². The van der Waals surface area contributed by atoms with Crippen LogP contribution >= 0.6 is 0 Å². The van der Waals surface area contributed by atoms with E-state index in [1.165, 1.54) is 4.90 Å². The summed E-state index contributed by atoms with van der Waals surface area (Å²) in [6, 6.07) is 5.68. The number of anilines is 1. The minimum atomic E-state index is -0.956. The van der Waals surface area contributed by atoms with Crippen molar-refractivity contribution in [2.24, 2.45) is 13.0 Å². The van der Waals surface area contributed by atoms with Crippen LogP contribution in [0.1, 0.15) is 12.8 Å². The van der Waals surface area contributed by atoms with E-state index in [-0.39, 0.29) is 31.1 Å². The van der Waals surface area contributed by atoms with Crippen molar-refractivity contribution >= 4 is 23.3 Å². The second-order valence-corrected chi connectivity index (χ2v) is 8.09. The normalized spacial score (nSPS) is 18.7. The van der Waals surface area contributed by atoms with Crippen molar-refractivity contribution in [3.05, 3.63) is 30.6 Å². The highest BCUT2D eigenvalue weighted by Gasteiger charge is 2.30. The maximum absolute atomic E-state index is 12.0. The molecule has 3 aromatic rings. The summed E-state index contributed by atoms with van der Waals surface area (Å²) in [6.07, 6.45) is 4.03. The number of carbonyl (C=O) groups excluding carboxylic acids is 1. The number of amides is 2. The van der Waals surface area contributed by atoms with Crippen LogP contribution in [0.15, 0.2) is 30.6 Å². The third-order valence-electron chi connectivity index (χ3n) is 5.68. The summed E-state index contributed by atoms with van der Waals surface area (Å²) >= 11 is 0. The second kappa shape index (κ2) is 8.15. The second-order valence-electron chi connectivity index (χ2n) is 8.09. The van der Waals surface area contributed by atoms with E-state index in [0.29, 0.717) is 24.7 Å². The maximum Gasteiger partial charge on any atom is 0.407 e. The van der Waals surface area contributed by atoms with Gasteiger partial charge in [-0.15, -0.1) is 0 Å². The van der Waals surface area contributed by atoms with Crippen LogP contribution < -0.4 is 10.1 Å². The van der Waals surface area contributed by atoms with E-state index in [9.17, 15) is 14.7 Å². The fourth-order valence-electron chi connectivity index (χ4n) is 3.81. The van der Waals surface area contributed by atoms with E-state index in [4.69, 9.17) is 9.47 Å². The van der Waals surface area contributed by atoms with Gasteiger partial charge >= 0.3 is 6.09 Å². The van der Waals surface area contributed by atoms with Gasteiger partial charge in [0, 0.05) is 37.3 Å². The van der Waals surface area contributed by atoms with Gasteiger partial charge in [-0.05, 0) is 25.0 Å². The van der Waals surface area contributed by atoms with Gasteiger partial charge in [-0.1, -0.05) is 0 Å². The molecule has 1 saturated heterocycles. The molecule has 11 heteroatoms. The van der Waals surface area contributed by atoms with Crippen molar-refractivity contribution in [1.82, 2.24) is 24.3 Å². The van der Waals surface area contributed by atoms with Crippen LogP contribution in [0.4, 0.5) is 10.6 Å². The summed E-state index contributed by atoms with van der Waals surface area (Å²) in [5.74, 6) is 1.23. The first-order valence-corrected chi connectivity index (χ1v) is 10.5. The molecule has 0 bridgehead atoms. The lowest BCUT2D eigenvalue weighted by atomic mass is 10.1. The Morgan fingerprint density at radius 2 is 2.19 bits per heavy atom. The summed E-state index contributed by atoms with van der Waals surface area (Å²) in [5.41, 5.74) is 2.49. The van der Waals surface area contributed by atoms with E-state index >= 15 is 0 Å². The first-order chi connectivity index (χ1) is 15.5. The number of pyridine rings is 1. The smallest absolute Gasteiger partial charge is 0.407 e. The number of carbonyl (C=O) groups is 2. The molecular formula is C21H24N6O5. The Bertz CT molecular complexity index is 1170. The SMILES string of the molecule is Cn1ncc(OCC2CN(C(=O)O)CCO2)c1-c1ccn2nc(NC(=O)C3CC3)cc2c1. The Labute approximate surface area is 183 Å². The summed E-state index contributed by atoms with van der Waals surface area (Å²) in [6.45, 7) is 1.19. The molecule has 1 saturated carbocycles. The van der Waals surface area contributed by atoms with Crippen LogP contribution in [0.5, 0.6) is 5.75 Å². The zero-order valence-corrected chi connectivity index (χ0v) is 17.6. The van der Waals surface area contributed by atoms with E-state index in [1.54, 1.807) is 15.4 Å². The summed E-state index contributed by atoms with van der Waals surface area (Å²) in [4.78, 5) is 24.6. The van der Waals surface area contributed by atoms with Gasteiger partial charge in [0.05, 0.1) is 24.9 Å². The summed E-state index contributed by atoms with van der Waals surface area (Å²) < 4.78 is 15.0. The number of ether oxygens (including phenoxy) is 2. The molecule has 2 amide bonds. The maximum atomic E-state index is 12.0. The van der Waals surface area contributed by atoms with Crippen LogP contribution in [-0.4, -0.2) is 73.8 Å². The molecule has 1 unspecified atom stereocenters. The standard InChI is InChI=1S/C21H24N6O5/c1-25-19(17(10-22-25)32-12-16-11-26(21(29)30)6-7-31-16)14-4-5-27-15(8-14)9-18(24-27)23-20(28)13-2-3-13/h4-5,8-10,13,16H,2-3,6-7,11-12H2,1H3,(H,29,30)(H,23,24,28). The molecule has 3 aromatic heterocycles. The molecule has 1 aliphatic carbocycles. The highest BCUT2D eigenvalue weighted by Crippen LogP contribution is 2.32. The molecule has 168 valence electrons. The molecule has 0 spiro atoms. The average Bonchev–Trinajstić information content (AvgIpc) is 3.46. The Morgan fingerprint density at radius 3 is 2.97 bits per heavy atom. The van der Waals surface area contributed by atoms with Gasteiger partial charge in [-0.2, -0.15) is 10.2 Å². The molecule has 0 aromatic carbocycles. The first-order valence-electron chi connectivity index (χ1n) is 10.5. The molecule has 0 radical (unpaired) electrons. The predicted molar refractivity (Wildman–Crippen MR) is 114 cm³/mol. The molecule has 2 aliphatic rings. The monoisotopic (exact) mass is 440 g/mol. The van der Waals surface area contributed by atoms with Crippen LogP contribution in [-0.2, 0) is 16.6 Å². The Hall–Kier alpha value is -3.60. The van der Waals surface area contributed by atoms with E-state index in [0.717, 1.165) is 29.6 Å². The largest absolute Gasteiger partial charge is 0.487 e. The molecule has 2 N–H and O–H groups in total. The third-order valence-corrected chi connectivity index (χ3v) is 5.68. The molecule has 11 nitrogen and oxygen atoms in total. The van der Waals surface area contributed by atoms with E-state index in [1.807, 2.05) is 31.4 Å². The van der Waals surface area contributed by atoms with Crippen LogP contribution in [0.2, 0.25) is 0 Å². The number of hydrogen-bond donors (Lipinski definition) is 2. The summed E-state index contributed by atoms with van der Waals surface area (Å²) in [7, 11) is 1.83. The van der Waals surface area contributed by atoms with Crippen LogP contribution in [0.25, 0.3) is 16.8 Å². The Morgan fingerprint density at radius 1 is 1.34 bits per heavy atom. The van der Waals surface area contributed by atoms with Gasteiger partial charge < -0.3 is 24.8 Å². The number of rotatable bonds is 6. The highest BCUT2D eigenvalue weighted by atomic mass is 16.5. The van der Waals surface area contributed by atoms with Gasteiger partial charge in [0.15, 0.2) is 11.6 Å². The third kappa shape index (κ3) is 4.11. The lowest BCUT2D eigenvalue weighted by Crippen LogP contribution is -2.47. The van der Waals surface area contributed by atoms with E-state index in [2.05, 4.69) is 15.5 Å². The van der Waals surface area contributed by atoms with Crippen molar-refractivity contribution < 1.29 is 24.2 Å². The molecule has 5 rings (SSSR count). The fourth-order valence-corrected chi connectivity index (χ4v) is 3.81. The Balaban J connectivity index is 1.32. The van der Waals surface area contributed by atoms with Crippen LogP contribution in [0, 0.1) is 5.92 Å². The lowest BCUT2D eigenvalue weighted by molar-refractivity contribution is -0.117. The minimum absolute atomic E-state index is 0.0161. The molecule has 4 heterocycles. The summed E-state index contributed by atoms with van der Waals surface area (Å²) in [5, 5.41) is 20.8. The lowest BCUT2D eigenvalue weighted by Gasteiger charge is -2.30. The number of fused-ring (bicyclic) bond motifs is 1. The molecule has 32 heavy (non-hydrogen) atoms. The highest BCUT2D eigenvalue weighted by molar-refractivity contribution is 5.93. The Kier molecular flexibility index (Phi) is 5.17. The first kappa shape index (κ1) is 20.3. The molecule has 1 aliphatic heterocycles. The zero-order valence-electron chi connectivity index (χ0n) is 17.6. The van der Waals surface area contributed by atoms with E-state index < -0.39 is 6.09 Å². The van der Waals surface area contributed by atoms with Gasteiger partial charge in [0.1, 0.15) is 18.4 Å². The molecule has 1 atom stereocenters. The van der Waals surface area contributed by atoms with Gasteiger partial charge in [0.2, 0.25) is 5.91 Å². The number of aryl methyl sites for hydroxylation is 1. The van der Waals surface area contributed by atoms with Crippen molar-refractivity contribution in [2.45, 2.75) is 18.9 Å². The number of morpholine rings is 1. The predicted octanol–water partition coefficient (Wildman–Crippen LogP) is 1.84. The minimum Gasteiger partial charge on any atom is -0.487 e. The van der Waals surface area contributed by atoms with Gasteiger partial charge in [0.25, 0.3) is 0 Å². The van der Waals surface area contributed by atoms with Crippen molar-refractivity contribution in [3.63, 3.8) is 0 Å². The number of aromatic nitrogens is 4. The fraction of sp³-hybridized carbons (Fsp3) is 0.429. The number of hydrogen-bond acceptors (Lipinski definition) is 6. The number of nitrogens with zero attached hydrogens (tertiary/aromatic N) is 5. The molecular weight excluding hydrogens is 416 g/mol. The molecule has 2 fully saturated rings. The van der Waals surface area contributed by atoms with Crippen molar-refractivity contribution in [1.29, 1.82) is 0 Å². The number of carboxylic acid groups (broad SMARTS) is 1. The van der Waals surface area contributed by atoms with Gasteiger partial charge in [-0.3, -0.25) is 9.48 Å². The zero-order chi connectivity index (χ0) is 22.2. The van der Waals surface area contributed by atoms with Crippen molar-refractivity contribution in [2.75, 3.05) is 31.6 Å². The van der Waals surface area contributed by atoms with Crippen molar-refractivity contribution in [3.8, 4) is 17.0 Å². The van der Waals surface area contributed by atoms with Crippen LogP contribution in [0.3, 0.4) is 0 Å². The number of nitrogens with one attached hydrogen (secondary N) is 1. The average molecular weight is 440 g/mol. The quantitative estimate of drug-likeness (QED) is 0.599. The van der Waals surface area contributed by atoms with Gasteiger partial charge in [-0.25, -0.2) is 9.31 Å².